The Balaban J connectivity index is 3.28. The highest BCUT2D eigenvalue weighted by Crippen LogP contribution is 2.35. The Morgan fingerprint density at radius 3 is 2.33 bits per heavy atom. The molecular formula is C11H16ClNO2. The second-order valence-electron chi connectivity index (χ2n) is 3.84. The fourth-order valence-electron chi connectivity index (χ4n) is 1.46. The van der Waals surface area contributed by atoms with Crippen molar-refractivity contribution in [3.8, 4) is 5.75 Å². The molecule has 1 aromatic rings. The van der Waals surface area contributed by atoms with Crippen molar-refractivity contribution in [2.75, 3.05) is 6.54 Å². The molecule has 0 amide bonds. The fraction of sp³-hybridized carbons (Fsp3) is 0.455. The molecule has 4 N–H and O–H groups in total. The number of hydrogen-bond donors (Lipinski definition) is 3. The fourth-order valence-corrected chi connectivity index (χ4v) is 1.70. The third-order valence-electron chi connectivity index (χ3n) is 2.34. The highest BCUT2D eigenvalue weighted by atomic mass is 35.5. The van der Waals surface area contributed by atoms with E-state index in [1.807, 2.05) is 13.8 Å². The maximum atomic E-state index is 9.91. The summed E-state index contributed by atoms with van der Waals surface area (Å²) in [5, 5.41) is 20.0. The molecule has 1 atom stereocenters. The van der Waals surface area contributed by atoms with E-state index in [1.165, 1.54) is 0 Å². The van der Waals surface area contributed by atoms with Crippen molar-refractivity contribution < 1.29 is 10.2 Å². The van der Waals surface area contributed by atoms with Gasteiger partial charge in [-0.3, -0.25) is 0 Å². The van der Waals surface area contributed by atoms with Crippen LogP contribution >= 0.6 is 11.6 Å². The van der Waals surface area contributed by atoms with Crippen molar-refractivity contribution >= 4 is 11.6 Å². The van der Waals surface area contributed by atoms with Crippen LogP contribution in [0.2, 0.25) is 5.02 Å². The van der Waals surface area contributed by atoms with Crippen LogP contribution in [0.15, 0.2) is 12.1 Å². The summed E-state index contributed by atoms with van der Waals surface area (Å²) in [6, 6.07) is 3.24. The first-order chi connectivity index (χ1) is 6.97. The third-order valence-corrected chi connectivity index (χ3v) is 2.56. The number of phenols is 1. The lowest BCUT2D eigenvalue weighted by atomic mass is 9.97. The van der Waals surface area contributed by atoms with E-state index in [-0.39, 0.29) is 18.2 Å². The molecule has 0 aliphatic rings. The number of nitrogens with two attached hydrogens (primary N) is 1. The molecule has 0 aliphatic heterocycles. The largest absolute Gasteiger partial charge is 0.507 e. The molecule has 0 heterocycles. The van der Waals surface area contributed by atoms with E-state index in [0.717, 1.165) is 5.56 Å². The molecule has 0 aromatic heterocycles. The highest BCUT2D eigenvalue weighted by molar-refractivity contribution is 6.30. The van der Waals surface area contributed by atoms with Crippen LogP contribution in [0.25, 0.3) is 0 Å². The van der Waals surface area contributed by atoms with Crippen LogP contribution in [0.1, 0.15) is 37.0 Å². The van der Waals surface area contributed by atoms with E-state index < -0.39 is 6.10 Å². The lowest BCUT2D eigenvalue weighted by Crippen LogP contribution is -2.12. The van der Waals surface area contributed by atoms with Gasteiger partial charge < -0.3 is 15.9 Å². The molecule has 0 radical (unpaired) electrons. The Morgan fingerprint density at radius 2 is 1.87 bits per heavy atom. The second kappa shape index (κ2) is 4.84. The van der Waals surface area contributed by atoms with Gasteiger partial charge in [0.25, 0.3) is 0 Å². The summed E-state index contributed by atoms with van der Waals surface area (Å²) in [7, 11) is 0. The van der Waals surface area contributed by atoms with Gasteiger partial charge in [-0.2, -0.15) is 0 Å². The first kappa shape index (κ1) is 12.3. The maximum absolute atomic E-state index is 9.91. The van der Waals surface area contributed by atoms with Crippen molar-refractivity contribution in [2.24, 2.45) is 5.73 Å². The number of rotatable bonds is 3. The van der Waals surface area contributed by atoms with Crippen LogP contribution in [0.5, 0.6) is 5.75 Å². The molecule has 1 rings (SSSR count). The molecule has 3 nitrogen and oxygen atoms in total. The summed E-state index contributed by atoms with van der Waals surface area (Å²) in [6.45, 7) is 3.96. The zero-order valence-corrected chi connectivity index (χ0v) is 9.62. The lowest BCUT2D eigenvalue weighted by Gasteiger charge is -2.16. The molecule has 0 spiro atoms. The summed E-state index contributed by atoms with van der Waals surface area (Å²) in [5.74, 6) is 0.236. The van der Waals surface area contributed by atoms with E-state index in [4.69, 9.17) is 17.3 Å². The average Bonchev–Trinajstić information content (AvgIpc) is 2.19. The zero-order valence-electron chi connectivity index (χ0n) is 8.87. The van der Waals surface area contributed by atoms with Crippen LogP contribution in [0.4, 0.5) is 0 Å². The molecule has 15 heavy (non-hydrogen) atoms. The Kier molecular flexibility index (Phi) is 3.97. The quantitative estimate of drug-likeness (QED) is 0.744. The topological polar surface area (TPSA) is 66.5 Å². The molecular weight excluding hydrogens is 214 g/mol. The van der Waals surface area contributed by atoms with Crippen LogP contribution in [0.3, 0.4) is 0 Å². The van der Waals surface area contributed by atoms with Gasteiger partial charge in [-0.1, -0.05) is 25.4 Å². The van der Waals surface area contributed by atoms with Gasteiger partial charge in [0.2, 0.25) is 0 Å². The van der Waals surface area contributed by atoms with Crippen molar-refractivity contribution in [1.82, 2.24) is 0 Å². The van der Waals surface area contributed by atoms with Crippen LogP contribution in [-0.2, 0) is 0 Å². The molecule has 0 saturated heterocycles. The smallest absolute Gasteiger partial charge is 0.124 e. The van der Waals surface area contributed by atoms with Gasteiger partial charge in [0.05, 0.1) is 6.10 Å². The van der Waals surface area contributed by atoms with Crippen molar-refractivity contribution in [2.45, 2.75) is 25.9 Å². The van der Waals surface area contributed by atoms with E-state index in [0.29, 0.717) is 10.6 Å². The van der Waals surface area contributed by atoms with Crippen LogP contribution in [-0.4, -0.2) is 16.8 Å². The van der Waals surface area contributed by atoms with E-state index in [1.54, 1.807) is 12.1 Å². The van der Waals surface area contributed by atoms with Gasteiger partial charge in [0.1, 0.15) is 5.75 Å². The Morgan fingerprint density at radius 1 is 1.33 bits per heavy atom. The number of benzene rings is 1. The predicted octanol–water partition coefficient (Wildman–Crippen LogP) is 2.16. The SMILES string of the molecule is CC(C)c1cc(Cl)cc(C(O)CN)c1O. The van der Waals surface area contributed by atoms with Crippen molar-refractivity contribution in [3.63, 3.8) is 0 Å². The first-order valence-electron chi connectivity index (χ1n) is 4.87. The molecule has 0 fully saturated rings. The minimum absolute atomic E-state index is 0.0609. The third kappa shape index (κ3) is 2.62. The number of aliphatic hydroxyl groups excluding tert-OH is 1. The van der Waals surface area contributed by atoms with E-state index in [2.05, 4.69) is 0 Å². The zero-order chi connectivity index (χ0) is 11.6. The van der Waals surface area contributed by atoms with Gasteiger partial charge in [-0.15, -0.1) is 0 Å². The van der Waals surface area contributed by atoms with Crippen LogP contribution in [0, 0.1) is 0 Å². The summed E-state index contributed by atoms with van der Waals surface area (Å²) in [4.78, 5) is 0. The maximum Gasteiger partial charge on any atom is 0.124 e. The summed E-state index contributed by atoms with van der Waals surface area (Å²) in [5.41, 5.74) is 6.47. The summed E-state index contributed by atoms with van der Waals surface area (Å²) in [6.07, 6.45) is -0.874. The van der Waals surface area contributed by atoms with Gasteiger partial charge in [-0.05, 0) is 23.6 Å². The summed E-state index contributed by atoms with van der Waals surface area (Å²) < 4.78 is 0. The molecule has 1 unspecified atom stereocenters. The number of aromatic hydroxyl groups is 1. The predicted molar refractivity (Wildman–Crippen MR) is 61.2 cm³/mol. The van der Waals surface area contributed by atoms with Crippen molar-refractivity contribution in [3.05, 3.63) is 28.3 Å². The molecule has 1 aromatic carbocycles. The van der Waals surface area contributed by atoms with Gasteiger partial charge in [0, 0.05) is 17.1 Å². The number of halogens is 1. The molecule has 84 valence electrons. The number of aliphatic hydroxyl groups is 1. The van der Waals surface area contributed by atoms with Gasteiger partial charge in [-0.25, -0.2) is 0 Å². The highest BCUT2D eigenvalue weighted by Gasteiger charge is 2.16. The molecule has 4 heteroatoms. The number of phenolic OH excluding ortho intramolecular Hbond substituents is 1. The summed E-state index contributed by atoms with van der Waals surface area (Å²) >= 11 is 5.90. The van der Waals surface area contributed by atoms with Crippen molar-refractivity contribution in [1.29, 1.82) is 0 Å². The normalized spacial score (nSPS) is 13.2. The second-order valence-corrected chi connectivity index (χ2v) is 4.28. The molecule has 0 aliphatic carbocycles. The monoisotopic (exact) mass is 229 g/mol. The molecule has 0 bridgehead atoms. The van der Waals surface area contributed by atoms with Crippen LogP contribution < -0.4 is 5.73 Å². The van der Waals surface area contributed by atoms with E-state index >= 15 is 0 Å². The molecule has 0 saturated carbocycles. The minimum Gasteiger partial charge on any atom is -0.507 e. The number of hydrogen-bond acceptors (Lipinski definition) is 3. The average molecular weight is 230 g/mol. The standard InChI is InChI=1S/C11H16ClNO2/c1-6(2)8-3-7(12)4-9(11(8)15)10(14)5-13/h3-4,6,10,14-15H,5,13H2,1-2H3. The van der Waals surface area contributed by atoms with E-state index in [9.17, 15) is 10.2 Å². The Bertz CT molecular complexity index is 353. The Hall–Kier alpha value is -0.770. The lowest BCUT2D eigenvalue weighted by molar-refractivity contribution is 0.182. The first-order valence-corrected chi connectivity index (χ1v) is 5.25. The minimum atomic E-state index is -0.874. The van der Waals surface area contributed by atoms with Gasteiger partial charge >= 0.3 is 0 Å². The Labute approximate surface area is 94.5 Å². The van der Waals surface area contributed by atoms with Gasteiger partial charge in [0.15, 0.2) is 0 Å².